The zero-order valence-corrected chi connectivity index (χ0v) is 10.3. The molecule has 98 valence electrons. The molecule has 1 fully saturated rings. The van der Waals surface area contributed by atoms with Gasteiger partial charge in [0, 0.05) is 18.7 Å². The number of aromatic hydroxyl groups is 1. The van der Waals surface area contributed by atoms with Crippen molar-refractivity contribution in [2.75, 3.05) is 13.7 Å². The van der Waals surface area contributed by atoms with Crippen LogP contribution < -0.4 is 15.8 Å². The topological polar surface area (TPSA) is 84.6 Å². The number of ether oxygens (including phenoxy) is 1. The van der Waals surface area contributed by atoms with Crippen molar-refractivity contribution >= 4 is 5.91 Å². The molecular formula is C13H18N2O3. The quantitative estimate of drug-likeness (QED) is 0.740. The summed E-state index contributed by atoms with van der Waals surface area (Å²) in [6.45, 7) is 0.609. The second-order valence-electron chi connectivity index (χ2n) is 4.69. The third-order valence-electron chi connectivity index (χ3n) is 3.27. The number of nitrogens with one attached hydrogen (secondary N) is 1. The average molecular weight is 250 g/mol. The standard InChI is InChI=1S/C13H18N2O3/c1-18-10-2-3-11(12(16)6-10)13(17)15-7-8-4-9(14)5-8/h2-3,6,8-9,16H,4-5,7,14H2,1H3,(H,15,17). The largest absolute Gasteiger partial charge is 0.507 e. The minimum atomic E-state index is -0.268. The summed E-state index contributed by atoms with van der Waals surface area (Å²) in [5, 5.41) is 12.5. The Morgan fingerprint density at radius 3 is 2.83 bits per heavy atom. The number of phenols is 1. The Morgan fingerprint density at radius 2 is 2.28 bits per heavy atom. The summed E-state index contributed by atoms with van der Waals surface area (Å²) in [6, 6.07) is 4.90. The normalized spacial score (nSPS) is 22.1. The highest BCUT2D eigenvalue weighted by Crippen LogP contribution is 2.26. The first kappa shape index (κ1) is 12.7. The number of benzene rings is 1. The van der Waals surface area contributed by atoms with Crippen LogP contribution in [0.2, 0.25) is 0 Å². The molecule has 0 aliphatic heterocycles. The molecule has 0 radical (unpaired) electrons. The van der Waals surface area contributed by atoms with Gasteiger partial charge >= 0.3 is 0 Å². The molecule has 0 atom stereocenters. The third-order valence-corrected chi connectivity index (χ3v) is 3.27. The first-order chi connectivity index (χ1) is 8.60. The van der Waals surface area contributed by atoms with Gasteiger partial charge in [-0.2, -0.15) is 0 Å². The summed E-state index contributed by atoms with van der Waals surface area (Å²) in [4.78, 5) is 11.8. The minimum Gasteiger partial charge on any atom is -0.507 e. The molecule has 1 aromatic rings. The van der Waals surface area contributed by atoms with Crippen LogP contribution in [0.25, 0.3) is 0 Å². The Hall–Kier alpha value is -1.75. The molecule has 0 spiro atoms. The molecule has 0 saturated heterocycles. The van der Waals surface area contributed by atoms with Crippen LogP contribution in [0.4, 0.5) is 0 Å². The van der Waals surface area contributed by atoms with Crippen LogP contribution in [-0.2, 0) is 0 Å². The lowest BCUT2D eigenvalue weighted by Crippen LogP contribution is -2.42. The molecule has 0 unspecified atom stereocenters. The van der Waals surface area contributed by atoms with Crippen LogP contribution in [0.15, 0.2) is 18.2 Å². The number of phenolic OH excluding ortho intramolecular Hbond substituents is 1. The van der Waals surface area contributed by atoms with Crippen molar-refractivity contribution in [1.82, 2.24) is 5.32 Å². The van der Waals surface area contributed by atoms with E-state index in [-0.39, 0.29) is 23.3 Å². The zero-order valence-electron chi connectivity index (χ0n) is 10.3. The summed E-state index contributed by atoms with van der Waals surface area (Å²) in [7, 11) is 1.51. The van der Waals surface area contributed by atoms with Crippen molar-refractivity contribution in [3.8, 4) is 11.5 Å². The Kier molecular flexibility index (Phi) is 3.72. The van der Waals surface area contributed by atoms with Gasteiger partial charge in [-0.15, -0.1) is 0 Å². The zero-order chi connectivity index (χ0) is 13.1. The molecule has 0 bridgehead atoms. The van der Waals surface area contributed by atoms with Crippen LogP contribution in [0.5, 0.6) is 11.5 Å². The van der Waals surface area contributed by atoms with Crippen molar-refractivity contribution in [2.24, 2.45) is 11.7 Å². The van der Waals surface area contributed by atoms with Crippen molar-refractivity contribution in [3.63, 3.8) is 0 Å². The van der Waals surface area contributed by atoms with E-state index in [1.54, 1.807) is 12.1 Å². The summed E-state index contributed by atoms with van der Waals surface area (Å²) in [6.07, 6.45) is 1.91. The highest BCUT2D eigenvalue weighted by atomic mass is 16.5. The number of amides is 1. The number of carbonyl (C=O) groups is 1. The molecule has 1 aromatic carbocycles. The maximum absolute atomic E-state index is 11.8. The van der Waals surface area contributed by atoms with Crippen LogP contribution in [-0.4, -0.2) is 30.7 Å². The number of rotatable bonds is 4. The summed E-state index contributed by atoms with van der Waals surface area (Å²) in [5.41, 5.74) is 5.94. The van der Waals surface area contributed by atoms with Gasteiger partial charge in [-0.1, -0.05) is 0 Å². The predicted molar refractivity (Wildman–Crippen MR) is 67.7 cm³/mol. The van der Waals surface area contributed by atoms with Crippen molar-refractivity contribution in [1.29, 1.82) is 0 Å². The molecular weight excluding hydrogens is 232 g/mol. The molecule has 5 nitrogen and oxygen atoms in total. The smallest absolute Gasteiger partial charge is 0.255 e. The molecule has 1 saturated carbocycles. The van der Waals surface area contributed by atoms with Gasteiger partial charge in [-0.25, -0.2) is 0 Å². The Morgan fingerprint density at radius 1 is 1.56 bits per heavy atom. The van der Waals surface area contributed by atoms with Gasteiger partial charge in [0.2, 0.25) is 0 Å². The fourth-order valence-electron chi connectivity index (χ4n) is 2.12. The van der Waals surface area contributed by atoms with Crippen LogP contribution >= 0.6 is 0 Å². The lowest BCUT2D eigenvalue weighted by molar-refractivity contribution is 0.0932. The first-order valence-electron chi connectivity index (χ1n) is 6.01. The number of hydrogen-bond donors (Lipinski definition) is 3. The second-order valence-corrected chi connectivity index (χ2v) is 4.69. The van der Waals surface area contributed by atoms with Crippen LogP contribution in [0.1, 0.15) is 23.2 Å². The lowest BCUT2D eigenvalue weighted by atomic mass is 9.81. The highest BCUT2D eigenvalue weighted by molar-refractivity contribution is 5.97. The fourth-order valence-corrected chi connectivity index (χ4v) is 2.12. The second kappa shape index (κ2) is 5.27. The van der Waals surface area contributed by atoms with Gasteiger partial charge in [-0.05, 0) is 30.9 Å². The van der Waals surface area contributed by atoms with E-state index in [1.807, 2.05) is 0 Å². The lowest BCUT2D eigenvalue weighted by Gasteiger charge is -2.32. The van der Waals surface area contributed by atoms with E-state index in [0.29, 0.717) is 18.2 Å². The number of carbonyl (C=O) groups excluding carboxylic acids is 1. The Bertz CT molecular complexity index is 442. The molecule has 0 heterocycles. The van der Waals surface area contributed by atoms with E-state index in [2.05, 4.69) is 5.32 Å². The maximum atomic E-state index is 11.8. The van der Waals surface area contributed by atoms with Crippen molar-refractivity contribution < 1.29 is 14.6 Å². The molecule has 5 heteroatoms. The highest BCUT2D eigenvalue weighted by Gasteiger charge is 2.26. The number of nitrogens with two attached hydrogens (primary N) is 1. The van der Waals surface area contributed by atoms with E-state index in [1.165, 1.54) is 13.2 Å². The molecule has 1 aliphatic rings. The molecule has 1 amide bonds. The average Bonchev–Trinajstić information content (AvgIpc) is 2.32. The molecule has 4 N–H and O–H groups in total. The fraction of sp³-hybridized carbons (Fsp3) is 0.462. The molecule has 1 aliphatic carbocycles. The SMILES string of the molecule is COc1ccc(C(=O)NCC2CC(N)C2)c(O)c1. The van der Waals surface area contributed by atoms with E-state index in [9.17, 15) is 9.90 Å². The van der Waals surface area contributed by atoms with Gasteiger partial charge in [0.25, 0.3) is 5.91 Å². The molecule has 0 aromatic heterocycles. The van der Waals surface area contributed by atoms with Gasteiger partial charge in [0.1, 0.15) is 11.5 Å². The first-order valence-corrected chi connectivity index (χ1v) is 6.01. The monoisotopic (exact) mass is 250 g/mol. The van der Waals surface area contributed by atoms with Crippen LogP contribution in [0.3, 0.4) is 0 Å². The van der Waals surface area contributed by atoms with E-state index in [0.717, 1.165) is 12.8 Å². The van der Waals surface area contributed by atoms with Crippen molar-refractivity contribution in [3.05, 3.63) is 23.8 Å². The number of hydrogen-bond acceptors (Lipinski definition) is 4. The molecule has 2 rings (SSSR count). The molecule has 18 heavy (non-hydrogen) atoms. The summed E-state index contributed by atoms with van der Waals surface area (Å²) in [5.74, 6) is 0.645. The predicted octanol–water partition coefficient (Wildman–Crippen LogP) is 0.868. The van der Waals surface area contributed by atoms with Gasteiger partial charge in [-0.3, -0.25) is 4.79 Å². The van der Waals surface area contributed by atoms with Gasteiger partial charge in [0.05, 0.1) is 12.7 Å². The van der Waals surface area contributed by atoms with Crippen LogP contribution in [0, 0.1) is 5.92 Å². The Balaban J connectivity index is 1.92. The summed E-state index contributed by atoms with van der Waals surface area (Å²) < 4.78 is 4.96. The number of methoxy groups -OCH3 is 1. The third kappa shape index (κ3) is 2.73. The summed E-state index contributed by atoms with van der Waals surface area (Å²) >= 11 is 0. The van der Waals surface area contributed by atoms with E-state index < -0.39 is 0 Å². The van der Waals surface area contributed by atoms with Crippen molar-refractivity contribution in [2.45, 2.75) is 18.9 Å². The Labute approximate surface area is 106 Å². The minimum absolute atomic E-state index is 0.0721. The van der Waals surface area contributed by atoms with Gasteiger partial charge in [0.15, 0.2) is 0 Å². The maximum Gasteiger partial charge on any atom is 0.255 e. The van der Waals surface area contributed by atoms with E-state index in [4.69, 9.17) is 10.5 Å². The van der Waals surface area contributed by atoms with E-state index >= 15 is 0 Å². The van der Waals surface area contributed by atoms with Gasteiger partial charge < -0.3 is 20.9 Å².